The van der Waals surface area contributed by atoms with Gasteiger partial charge in [-0.15, -0.1) is 11.3 Å². The van der Waals surface area contributed by atoms with Crippen molar-refractivity contribution in [2.24, 2.45) is 5.41 Å². The van der Waals surface area contributed by atoms with Crippen LogP contribution in [-0.4, -0.2) is 37.8 Å². The van der Waals surface area contributed by atoms with Crippen LogP contribution in [0.3, 0.4) is 0 Å². The minimum Gasteiger partial charge on any atom is -0.461 e. The van der Waals surface area contributed by atoms with Crippen molar-refractivity contribution < 1.29 is 14.3 Å². The second-order valence-corrected chi connectivity index (χ2v) is 5.87. The molecule has 1 rings (SSSR count). The summed E-state index contributed by atoms with van der Waals surface area (Å²) in [6, 6.07) is 0. The molecule has 108 valence electrons. The van der Waals surface area contributed by atoms with Gasteiger partial charge in [-0.1, -0.05) is 13.8 Å². The van der Waals surface area contributed by atoms with Crippen LogP contribution in [0, 0.1) is 5.41 Å². The molecule has 1 aromatic heterocycles. The summed E-state index contributed by atoms with van der Waals surface area (Å²) in [6.45, 7) is 7.93. The Bertz CT molecular complexity index is 404. The summed E-state index contributed by atoms with van der Waals surface area (Å²) in [4.78, 5) is 15.7. The highest BCUT2D eigenvalue weighted by molar-refractivity contribution is 7.14. The maximum Gasteiger partial charge on any atom is 0.360 e. The van der Waals surface area contributed by atoms with Crippen LogP contribution in [0.4, 0.5) is 5.00 Å². The van der Waals surface area contributed by atoms with E-state index in [1.54, 1.807) is 19.5 Å². The van der Waals surface area contributed by atoms with E-state index in [2.05, 4.69) is 24.1 Å². The van der Waals surface area contributed by atoms with Crippen LogP contribution in [0.15, 0.2) is 5.51 Å². The first-order chi connectivity index (χ1) is 9.00. The van der Waals surface area contributed by atoms with Crippen LogP contribution in [0.25, 0.3) is 0 Å². The average molecular weight is 286 g/mol. The van der Waals surface area contributed by atoms with Crippen molar-refractivity contribution in [3.8, 4) is 0 Å². The number of thiazole rings is 1. The largest absolute Gasteiger partial charge is 0.461 e. The Labute approximate surface area is 118 Å². The van der Waals surface area contributed by atoms with Crippen molar-refractivity contribution >= 4 is 22.3 Å². The molecule has 0 aliphatic heterocycles. The van der Waals surface area contributed by atoms with E-state index in [1.807, 2.05) is 0 Å². The molecule has 0 amide bonds. The van der Waals surface area contributed by atoms with Crippen LogP contribution < -0.4 is 5.32 Å². The third-order valence-electron chi connectivity index (χ3n) is 2.75. The molecule has 0 bridgehead atoms. The summed E-state index contributed by atoms with van der Waals surface area (Å²) in [6.07, 6.45) is 0.948. The molecule has 0 saturated heterocycles. The van der Waals surface area contributed by atoms with Crippen LogP contribution in [0.1, 0.15) is 37.7 Å². The summed E-state index contributed by atoms with van der Waals surface area (Å²) >= 11 is 1.41. The van der Waals surface area contributed by atoms with Gasteiger partial charge < -0.3 is 14.8 Å². The number of hydrogen-bond donors (Lipinski definition) is 1. The van der Waals surface area contributed by atoms with Crippen LogP contribution >= 0.6 is 11.3 Å². The van der Waals surface area contributed by atoms with Gasteiger partial charge in [-0.05, 0) is 18.8 Å². The Kier molecular flexibility index (Phi) is 6.24. The number of ether oxygens (including phenoxy) is 2. The predicted molar refractivity (Wildman–Crippen MR) is 76.8 cm³/mol. The monoisotopic (exact) mass is 286 g/mol. The summed E-state index contributed by atoms with van der Waals surface area (Å²) < 4.78 is 10.1. The molecule has 0 spiro atoms. The lowest BCUT2D eigenvalue weighted by atomic mass is 9.90. The van der Waals surface area contributed by atoms with Gasteiger partial charge in [-0.3, -0.25) is 0 Å². The highest BCUT2D eigenvalue weighted by atomic mass is 32.1. The second-order valence-electron chi connectivity index (χ2n) is 5.01. The average Bonchev–Trinajstić information content (AvgIpc) is 2.83. The molecule has 0 radical (unpaired) electrons. The topological polar surface area (TPSA) is 60.5 Å². The first kappa shape index (κ1) is 15.9. The van der Waals surface area contributed by atoms with E-state index >= 15 is 0 Å². The van der Waals surface area contributed by atoms with Gasteiger partial charge in [0, 0.05) is 20.3 Å². The van der Waals surface area contributed by atoms with Gasteiger partial charge >= 0.3 is 5.97 Å². The molecule has 0 aliphatic carbocycles. The highest BCUT2D eigenvalue weighted by Crippen LogP contribution is 2.25. The Morgan fingerprint density at radius 1 is 1.53 bits per heavy atom. The van der Waals surface area contributed by atoms with Gasteiger partial charge in [0.25, 0.3) is 0 Å². The number of rotatable bonds is 8. The number of nitrogens with zero attached hydrogens (tertiary/aromatic N) is 1. The standard InChI is InChI=1S/C13H22N2O3S/c1-5-18-12(16)10-11(19-9-15-10)14-8-13(2,3)6-7-17-4/h9,14H,5-8H2,1-4H3. The van der Waals surface area contributed by atoms with Crippen LogP contribution in [-0.2, 0) is 9.47 Å². The quantitative estimate of drug-likeness (QED) is 0.745. The molecule has 0 unspecified atom stereocenters. The fourth-order valence-electron chi connectivity index (χ4n) is 1.50. The van der Waals surface area contributed by atoms with Crippen molar-refractivity contribution in [2.45, 2.75) is 27.2 Å². The Hall–Kier alpha value is -1.14. The number of esters is 1. The lowest BCUT2D eigenvalue weighted by Crippen LogP contribution is -2.25. The molecule has 0 atom stereocenters. The number of methoxy groups -OCH3 is 1. The molecule has 6 heteroatoms. The summed E-state index contributed by atoms with van der Waals surface area (Å²) in [5.74, 6) is -0.374. The molecule has 1 aromatic rings. The van der Waals surface area contributed by atoms with Crippen LogP contribution in [0.2, 0.25) is 0 Å². The van der Waals surface area contributed by atoms with E-state index in [1.165, 1.54) is 11.3 Å². The van der Waals surface area contributed by atoms with Gasteiger partial charge in [-0.2, -0.15) is 0 Å². The minimum absolute atomic E-state index is 0.0892. The molecule has 0 aromatic carbocycles. The summed E-state index contributed by atoms with van der Waals surface area (Å²) in [5.41, 5.74) is 2.11. The van der Waals surface area contributed by atoms with Crippen molar-refractivity contribution in [1.29, 1.82) is 0 Å². The number of carbonyl (C=O) groups excluding carboxylic acids is 1. The summed E-state index contributed by atoms with van der Waals surface area (Å²) in [7, 11) is 1.70. The smallest absolute Gasteiger partial charge is 0.360 e. The van der Waals surface area contributed by atoms with E-state index in [0.717, 1.165) is 24.6 Å². The lowest BCUT2D eigenvalue weighted by molar-refractivity contribution is 0.0521. The normalized spacial score (nSPS) is 11.4. The van der Waals surface area contributed by atoms with Gasteiger partial charge in [0.1, 0.15) is 5.00 Å². The molecule has 1 N–H and O–H groups in total. The van der Waals surface area contributed by atoms with E-state index in [4.69, 9.17) is 9.47 Å². The zero-order valence-corrected chi connectivity index (χ0v) is 12.8. The molecule has 19 heavy (non-hydrogen) atoms. The maximum atomic E-state index is 11.7. The fourth-order valence-corrected chi connectivity index (χ4v) is 2.17. The van der Waals surface area contributed by atoms with Crippen molar-refractivity contribution in [2.75, 3.05) is 32.2 Å². The van der Waals surface area contributed by atoms with Crippen LogP contribution in [0.5, 0.6) is 0 Å². The molecule has 5 nitrogen and oxygen atoms in total. The van der Waals surface area contributed by atoms with Gasteiger partial charge in [-0.25, -0.2) is 9.78 Å². The Morgan fingerprint density at radius 3 is 2.89 bits per heavy atom. The number of hydrogen-bond acceptors (Lipinski definition) is 6. The van der Waals surface area contributed by atoms with E-state index in [9.17, 15) is 4.79 Å². The Morgan fingerprint density at radius 2 is 2.26 bits per heavy atom. The van der Waals surface area contributed by atoms with Crippen molar-refractivity contribution in [1.82, 2.24) is 4.98 Å². The maximum absolute atomic E-state index is 11.7. The molecular formula is C13H22N2O3S. The Balaban J connectivity index is 2.58. The highest BCUT2D eigenvalue weighted by Gasteiger charge is 2.21. The SMILES string of the molecule is CCOC(=O)c1ncsc1NCC(C)(C)CCOC. The molecule has 1 heterocycles. The summed E-state index contributed by atoms with van der Waals surface area (Å²) in [5, 5.41) is 4.05. The zero-order chi connectivity index (χ0) is 14.3. The molecule has 0 aliphatic rings. The fraction of sp³-hybridized carbons (Fsp3) is 0.692. The lowest BCUT2D eigenvalue weighted by Gasteiger charge is -2.24. The molecule has 0 saturated carbocycles. The minimum atomic E-state index is -0.374. The van der Waals surface area contributed by atoms with E-state index in [0.29, 0.717) is 12.3 Å². The van der Waals surface area contributed by atoms with Gasteiger partial charge in [0.2, 0.25) is 0 Å². The number of aromatic nitrogens is 1. The second kappa shape index (κ2) is 7.45. The third-order valence-corrected chi connectivity index (χ3v) is 3.53. The third kappa shape index (κ3) is 5.16. The van der Waals surface area contributed by atoms with Gasteiger partial charge in [0.05, 0.1) is 12.1 Å². The van der Waals surface area contributed by atoms with E-state index < -0.39 is 0 Å². The molecular weight excluding hydrogens is 264 g/mol. The first-order valence-electron chi connectivity index (χ1n) is 6.33. The van der Waals surface area contributed by atoms with Crippen molar-refractivity contribution in [3.05, 3.63) is 11.2 Å². The number of carbonyl (C=O) groups is 1. The predicted octanol–water partition coefficient (Wildman–Crippen LogP) is 2.79. The zero-order valence-electron chi connectivity index (χ0n) is 12.0. The van der Waals surface area contributed by atoms with E-state index in [-0.39, 0.29) is 11.4 Å². The molecule has 0 fully saturated rings. The van der Waals surface area contributed by atoms with Crippen molar-refractivity contribution in [3.63, 3.8) is 0 Å². The van der Waals surface area contributed by atoms with Gasteiger partial charge in [0.15, 0.2) is 5.69 Å². The first-order valence-corrected chi connectivity index (χ1v) is 7.21. The number of nitrogens with one attached hydrogen (secondary N) is 1. The number of anilines is 1.